The minimum Gasteiger partial charge on any atom is -0.481 e. The minimum absolute atomic E-state index is 0.0347. The zero-order chi connectivity index (χ0) is 16.7. The van der Waals surface area contributed by atoms with Crippen molar-refractivity contribution in [3.8, 4) is 11.3 Å². The molecule has 2 heterocycles. The Morgan fingerprint density at radius 1 is 1.29 bits per heavy atom. The lowest BCUT2D eigenvalue weighted by Gasteiger charge is -2.16. The average Bonchev–Trinajstić information content (AvgIpc) is 3.13. The first-order valence-corrected chi connectivity index (χ1v) is 9.37. The highest BCUT2D eigenvalue weighted by atomic mass is 32.1. The summed E-state index contributed by atoms with van der Waals surface area (Å²) in [6.45, 7) is 2.10. The molecule has 4 rings (SSSR count). The predicted molar refractivity (Wildman–Crippen MR) is 95.9 cm³/mol. The number of hydrogen-bond acceptors (Lipinski definition) is 3. The molecule has 0 fully saturated rings. The molecule has 1 aromatic carbocycles. The number of imidazole rings is 1. The van der Waals surface area contributed by atoms with E-state index >= 15 is 0 Å². The van der Waals surface area contributed by atoms with Gasteiger partial charge in [0.2, 0.25) is 0 Å². The fourth-order valence-corrected chi connectivity index (χ4v) is 4.60. The van der Waals surface area contributed by atoms with Crippen LogP contribution < -0.4 is 0 Å². The van der Waals surface area contributed by atoms with Gasteiger partial charge in [0.1, 0.15) is 0 Å². The molecule has 0 amide bonds. The number of fused-ring (bicyclic) bond motifs is 2. The van der Waals surface area contributed by atoms with Crippen LogP contribution in [0.5, 0.6) is 0 Å². The molecule has 0 bridgehead atoms. The van der Waals surface area contributed by atoms with Gasteiger partial charge in [-0.1, -0.05) is 19.1 Å². The highest BCUT2D eigenvalue weighted by molar-refractivity contribution is 7.15. The maximum absolute atomic E-state index is 11.1. The summed E-state index contributed by atoms with van der Waals surface area (Å²) in [4.78, 5) is 16.8. The first-order valence-electron chi connectivity index (χ1n) is 8.49. The molecule has 0 aliphatic heterocycles. The fourth-order valence-electron chi connectivity index (χ4n) is 3.69. The molecule has 124 valence electrons. The van der Waals surface area contributed by atoms with Crippen LogP contribution in [0.4, 0.5) is 0 Å². The molecule has 1 N–H and O–H groups in total. The van der Waals surface area contributed by atoms with Crippen molar-refractivity contribution in [2.45, 2.75) is 45.4 Å². The van der Waals surface area contributed by atoms with E-state index in [-0.39, 0.29) is 6.42 Å². The SMILES string of the molecule is CCc1c(-c2ccc3c(c2)CCCC3)nc2scc(CC(=O)O)n12. The Balaban J connectivity index is 1.84. The maximum atomic E-state index is 11.1. The van der Waals surface area contributed by atoms with Crippen LogP contribution in [0.25, 0.3) is 16.2 Å². The van der Waals surface area contributed by atoms with Crippen LogP contribution >= 0.6 is 11.3 Å². The van der Waals surface area contributed by atoms with E-state index in [4.69, 9.17) is 10.1 Å². The molecular weight excluding hydrogens is 320 g/mol. The molecule has 0 radical (unpaired) electrons. The molecule has 0 unspecified atom stereocenters. The van der Waals surface area contributed by atoms with Crippen LogP contribution in [0.1, 0.15) is 42.3 Å². The van der Waals surface area contributed by atoms with Gasteiger partial charge in [-0.15, -0.1) is 11.3 Å². The van der Waals surface area contributed by atoms with Crippen molar-refractivity contribution < 1.29 is 9.90 Å². The second-order valence-electron chi connectivity index (χ2n) is 6.37. The van der Waals surface area contributed by atoms with Crippen molar-refractivity contribution in [3.63, 3.8) is 0 Å². The predicted octanol–water partition coefficient (Wildman–Crippen LogP) is 4.13. The van der Waals surface area contributed by atoms with Gasteiger partial charge < -0.3 is 5.11 Å². The Kier molecular flexibility index (Phi) is 3.88. The lowest BCUT2D eigenvalue weighted by molar-refractivity contribution is -0.136. The number of carbonyl (C=O) groups is 1. The van der Waals surface area contributed by atoms with E-state index < -0.39 is 5.97 Å². The highest BCUT2D eigenvalue weighted by Gasteiger charge is 2.19. The molecule has 0 saturated carbocycles. The molecule has 1 aliphatic carbocycles. The Labute approximate surface area is 144 Å². The largest absolute Gasteiger partial charge is 0.481 e. The summed E-state index contributed by atoms with van der Waals surface area (Å²) in [7, 11) is 0. The molecule has 0 spiro atoms. The number of rotatable bonds is 4. The summed E-state index contributed by atoms with van der Waals surface area (Å²) in [5, 5.41) is 11.0. The first kappa shape index (κ1) is 15.4. The number of carboxylic acid groups (broad SMARTS) is 1. The Morgan fingerprint density at radius 3 is 2.83 bits per heavy atom. The Bertz CT molecular complexity index is 923. The molecule has 0 saturated heterocycles. The monoisotopic (exact) mass is 340 g/mol. The third kappa shape index (κ3) is 2.53. The van der Waals surface area contributed by atoms with Crippen molar-refractivity contribution in [2.24, 2.45) is 0 Å². The number of aliphatic carboxylic acids is 1. The Morgan fingerprint density at radius 2 is 2.08 bits per heavy atom. The van der Waals surface area contributed by atoms with Crippen molar-refractivity contribution in [2.75, 3.05) is 0 Å². The smallest absolute Gasteiger partial charge is 0.309 e. The van der Waals surface area contributed by atoms with Crippen molar-refractivity contribution in [1.29, 1.82) is 0 Å². The van der Waals surface area contributed by atoms with E-state index in [1.807, 2.05) is 9.78 Å². The number of aromatic nitrogens is 2. The molecule has 4 nitrogen and oxygen atoms in total. The van der Waals surface area contributed by atoms with Gasteiger partial charge >= 0.3 is 5.97 Å². The minimum atomic E-state index is -0.805. The van der Waals surface area contributed by atoms with Crippen LogP contribution in [0.2, 0.25) is 0 Å². The van der Waals surface area contributed by atoms with Gasteiger partial charge in [-0.3, -0.25) is 9.20 Å². The van der Waals surface area contributed by atoms with Crippen LogP contribution in [0.3, 0.4) is 0 Å². The number of benzene rings is 1. The molecule has 2 aromatic heterocycles. The van der Waals surface area contributed by atoms with Crippen molar-refractivity contribution in [1.82, 2.24) is 9.38 Å². The number of hydrogen-bond donors (Lipinski definition) is 1. The van der Waals surface area contributed by atoms with E-state index in [1.54, 1.807) is 0 Å². The van der Waals surface area contributed by atoms with Gasteiger partial charge in [0, 0.05) is 16.6 Å². The third-order valence-electron chi connectivity index (χ3n) is 4.82. The number of aryl methyl sites for hydroxylation is 3. The van der Waals surface area contributed by atoms with Gasteiger partial charge in [0.15, 0.2) is 4.96 Å². The Hall–Kier alpha value is -2.14. The standard InChI is InChI=1S/C19H20N2O2S/c1-2-16-18(14-8-7-12-5-3-4-6-13(12)9-14)20-19-21(16)15(11-24-19)10-17(22)23/h7-9,11H,2-6,10H2,1H3,(H,22,23). The summed E-state index contributed by atoms with van der Waals surface area (Å²) in [5.74, 6) is -0.805. The molecule has 24 heavy (non-hydrogen) atoms. The fraction of sp³-hybridized carbons (Fsp3) is 0.368. The van der Waals surface area contributed by atoms with Gasteiger partial charge in [0.25, 0.3) is 0 Å². The molecular formula is C19H20N2O2S. The van der Waals surface area contributed by atoms with Crippen LogP contribution in [0, 0.1) is 0 Å². The van der Waals surface area contributed by atoms with Gasteiger partial charge in [-0.05, 0) is 49.3 Å². The zero-order valence-electron chi connectivity index (χ0n) is 13.7. The summed E-state index contributed by atoms with van der Waals surface area (Å²) in [6, 6.07) is 6.71. The quantitative estimate of drug-likeness (QED) is 0.777. The second kappa shape index (κ2) is 6.06. The molecule has 5 heteroatoms. The van der Waals surface area contributed by atoms with Crippen LogP contribution in [-0.4, -0.2) is 20.5 Å². The summed E-state index contributed by atoms with van der Waals surface area (Å²) in [6.07, 6.45) is 5.74. The molecule has 0 atom stereocenters. The first-order chi connectivity index (χ1) is 11.7. The van der Waals surface area contributed by atoms with E-state index in [0.717, 1.165) is 40.4 Å². The number of carboxylic acids is 1. The maximum Gasteiger partial charge on any atom is 0.309 e. The molecule has 1 aliphatic rings. The number of nitrogens with zero attached hydrogens (tertiary/aromatic N) is 2. The van der Waals surface area contributed by atoms with Crippen molar-refractivity contribution >= 4 is 22.3 Å². The summed E-state index contributed by atoms with van der Waals surface area (Å²) in [5.41, 5.74) is 7.00. The van der Waals surface area contributed by atoms with E-state index in [0.29, 0.717) is 0 Å². The van der Waals surface area contributed by atoms with Gasteiger partial charge in [0.05, 0.1) is 17.8 Å². The zero-order valence-corrected chi connectivity index (χ0v) is 14.5. The van der Waals surface area contributed by atoms with E-state index in [9.17, 15) is 4.79 Å². The van der Waals surface area contributed by atoms with E-state index in [1.165, 1.54) is 41.7 Å². The number of thiazole rings is 1. The van der Waals surface area contributed by atoms with Crippen LogP contribution in [-0.2, 0) is 30.5 Å². The topological polar surface area (TPSA) is 54.6 Å². The third-order valence-corrected chi connectivity index (χ3v) is 5.69. The van der Waals surface area contributed by atoms with Gasteiger partial charge in [-0.2, -0.15) is 0 Å². The molecule has 3 aromatic rings. The summed E-state index contributed by atoms with van der Waals surface area (Å²) < 4.78 is 2.04. The van der Waals surface area contributed by atoms with Crippen LogP contribution in [0.15, 0.2) is 23.6 Å². The van der Waals surface area contributed by atoms with Gasteiger partial charge in [-0.25, -0.2) is 4.98 Å². The summed E-state index contributed by atoms with van der Waals surface area (Å²) >= 11 is 1.52. The highest BCUT2D eigenvalue weighted by Crippen LogP contribution is 2.32. The normalized spacial score (nSPS) is 14.0. The van der Waals surface area contributed by atoms with Crippen molar-refractivity contribution in [3.05, 3.63) is 46.1 Å². The lowest BCUT2D eigenvalue weighted by Crippen LogP contribution is -2.05. The average molecular weight is 340 g/mol. The van der Waals surface area contributed by atoms with E-state index in [2.05, 4.69) is 25.1 Å². The lowest BCUT2D eigenvalue weighted by atomic mass is 9.89. The second-order valence-corrected chi connectivity index (χ2v) is 7.20.